The van der Waals surface area contributed by atoms with E-state index in [9.17, 15) is 8.42 Å². The predicted molar refractivity (Wildman–Crippen MR) is 119 cm³/mol. The first kappa shape index (κ1) is 21.0. The Morgan fingerprint density at radius 2 is 1.97 bits per heavy atom. The highest BCUT2D eigenvalue weighted by molar-refractivity contribution is 7.89. The maximum absolute atomic E-state index is 12.0. The van der Waals surface area contributed by atoms with Crippen molar-refractivity contribution in [2.24, 2.45) is 0 Å². The fraction of sp³-hybridized carbons (Fsp3) is 0.450. The highest BCUT2D eigenvalue weighted by atomic mass is 35.5. The Labute approximate surface area is 180 Å². The quantitative estimate of drug-likeness (QED) is 0.475. The number of nitrogens with one attached hydrogen (secondary N) is 3. The smallest absolute Gasteiger partial charge is 0.224 e. The minimum atomic E-state index is -3.18. The zero-order valence-corrected chi connectivity index (χ0v) is 18.3. The highest BCUT2D eigenvalue weighted by Gasteiger charge is 2.25. The number of nitrogens with zero attached hydrogens (tertiary/aromatic N) is 3. The molecule has 3 N–H and O–H groups in total. The zero-order chi connectivity index (χ0) is 21.1. The highest BCUT2D eigenvalue weighted by Crippen LogP contribution is 2.29. The summed E-state index contributed by atoms with van der Waals surface area (Å²) in [5, 5.41) is 4.70. The summed E-state index contributed by atoms with van der Waals surface area (Å²) in [7, 11) is -3.18. The second-order valence-electron chi connectivity index (χ2n) is 7.63. The van der Waals surface area contributed by atoms with Crippen molar-refractivity contribution in [3.63, 3.8) is 0 Å². The van der Waals surface area contributed by atoms with E-state index in [1.807, 2.05) is 25.3 Å². The van der Waals surface area contributed by atoms with Crippen LogP contribution in [0.15, 0.2) is 30.6 Å². The number of aromatic nitrogens is 4. The van der Waals surface area contributed by atoms with Gasteiger partial charge in [-0.1, -0.05) is 18.5 Å². The summed E-state index contributed by atoms with van der Waals surface area (Å²) >= 11 is 6.27. The second kappa shape index (κ2) is 8.87. The van der Waals surface area contributed by atoms with E-state index in [1.54, 1.807) is 12.3 Å². The normalized spacial score (nSPS) is 19.8. The van der Waals surface area contributed by atoms with E-state index in [-0.39, 0.29) is 17.8 Å². The van der Waals surface area contributed by atoms with Gasteiger partial charge < -0.3 is 10.3 Å². The van der Waals surface area contributed by atoms with Gasteiger partial charge in [-0.3, -0.25) is 0 Å². The molecule has 160 valence electrons. The molecular weight excluding hydrogens is 424 g/mol. The van der Waals surface area contributed by atoms with E-state index in [1.165, 1.54) is 0 Å². The van der Waals surface area contributed by atoms with Crippen molar-refractivity contribution < 1.29 is 8.42 Å². The van der Waals surface area contributed by atoms with Crippen LogP contribution in [0, 0.1) is 0 Å². The van der Waals surface area contributed by atoms with Gasteiger partial charge in [0.1, 0.15) is 10.8 Å². The van der Waals surface area contributed by atoms with Gasteiger partial charge >= 0.3 is 0 Å². The average Bonchev–Trinajstić information content (AvgIpc) is 3.13. The lowest BCUT2D eigenvalue weighted by Crippen LogP contribution is -2.41. The average molecular weight is 449 g/mol. The van der Waals surface area contributed by atoms with Crippen molar-refractivity contribution in [3.8, 4) is 11.3 Å². The van der Waals surface area contributed by atoms with Crippen molar-refractivity contribution in [3.05, 3.63) is 35.7 Å². The molecule has 0 spiro atoms. The Balaban J connectivity index is 1.44. The summed E-state index contributed by atoms with van der Waals surface area (Å²) in [5.41, 5.74) is 2.43. The molecular formula is C20H25ClN6O2S. The van der Waals surface area contributed by atoms with Crippen LogP contribution in [0.4, 0.5) is 5.95 Å². The van der Waals surface area contributed by atoms with Crippen LogP contribution in [0.1, 0.15) is 39.0 Å². The molecule has 1 saturated carbocycles. The van der Waals surface area contributed by atoms with Gasteiger partial charge in [-0.05, 0) is 44.2 Å². The number of sulfonamides is 1. The van der Waals surface area contributed by atoms with Crippen LogP contribution in [-0.2, 0) is 10.0 Å². The molecule has 1 aliphatic carbocycles. The molecule has 0 aliphatic heterocycles. The Morgan fingerprint density at radius 1 is 1.20 bits per heavy atom. The van der Waals surface area contributed by atoms with Crippen molar-refractivity contribution >= 4 is 38.6 Å². The van der Waals surface area contributed by atoms with E-state index in [0.717, 1.165) is 48.0 Å². The van der Waals surface area contributed by atoms with Gasteiger partial charge in [0.2, 0.25) is 16.0 Å². The molecule has 0 aromatic carbocycles. The van der Waals surface area contributed by atoms with Gasteiger partial charge in [0.15, 0.2) is 0 Å². The zero-order valence-electron chi connectivity index (χ0n) is 16.7. The first-order valence-electron chi connectivity index (χ1n) is 10.2. The molecule has 10 heteroatoms. The topological polar surface area (TPSA) is 113 Å². The minimum absolute atomic E-state index is 0.00541. The number of pyridine rings is 1. The Hall–Kier alpha value is -2.23. The van der Waals surface area contributed by atoms with Crippen molar-refractivity contribution in [2.45, 2.75) is 51.1 Å². The van der Waals surface area contributed by atoms with Gasteiger partial charge in [0.05, 0.1) is 11.4 Å². The summed E-state index contributed by atoms with van der Waals surface area (Å²) < 4.78 is 26.8. The maximum atomic E-state index is 12.0. The molecule has 0 bridgehead atoms. The molecule has 3 heterocycles. The SMILES string of the molecule is CCCS(=O)(=O)NC1CCC(Nc2nc(Cl)cc(-c3c[nH]c4ncccc34)n2)CC1. The molecule has 0 saturated heterocycles. The summed E-state index contributed by atoms with van der Waals surface area (Å²) in [6.45, 7) is 1.87. The number of aromatic amines is 1. The molecule has 3 aromatic rings. The monoisotopic (exact) mass is 448 g/mol. The van der Waals surface area contributed by atoms with E-state index in [2.05, 4.69) is 30.0 Å². The fourth-order valence-corrected chi connectivity index (χ4v) is 5.49. The van der Waals surface area contributed by atoms with Crippen molar-refractivity contribution in [2.75, 3.05) is 11.1 Å². The molecule has 4 rings (SSSR count). The molecule has 0 amide bonds. The lowest BCUT2D eigenvalue weighted by atomic mass is 9.92. The molecule has 0 unspecified atom stereocenters. The van der Waals surface area contributed by atoms with Crippen LogP contribution in [0.5, 0.6) is 0 Å². The van der Waals surface area contributed by atoms with E-state index < -0.39 is 10.0 Å². The van der Waals surface area contributed by atoms with Crippen LogP contribution in [0.25, 0.3) is 22.3 Å². The van der Waals surface area contributed by atoms with Crippen molar-refractivity contribution in [1.29, 1.82) is 0 Å². The third-order valence-corrected chi connectivity index (χ3v) is 7.13. The van der Waals surface area contributed by atoms with Gasteiger partial charge in [0, 0.05) is 41.5 Å². The summed E-state index contributed by atoms with van der Waals surface area (Å²) in [5.74, 6) is 0.652. The first-order valence-corrected chi connectivity index (χ1v) is 12.2. The van der Waals surface area contributed by atoms with Crippen LogP contribution in [0.2, 0.25) is 5.15 Å². The third-order valence-electron chi connectivity index (χ3n) is 5.30. The lowest BCUT2D eigenvalue weighted by Gasteiger charge is -2.29. The van der Waals surface area contributed by atoms with Crippen LogP contribution < -0.4 is 10.0 Å². The van der Waals surface area contributed by atoms with E-state index >= 15 is 0 Å². The Morgan fingerprint density at radius 3 is 2.73 bits per heavy atom. The second-order valence-corrected chi connectivity index (χ2v) is 9.89. The van der Waals surface area contributed by atoms with Gasteiger partial charge in [-0.15, -0.1) is 0 Å². The molecule has 0 radical (unpaired) electrons. The van der Waals surface area contributed by atoms with Crippen LogP contribution >= 0.6 is 11.6 Å². The maximum Gasteiger partial charge on any atom is 0.224 e. The molecule has 3 aromatic heterocycles. The van der Waals surface area contributed by atoms with Crippen LogP contribution in [-0.4, -0.2) is 46.2 Å². The molecule has 0 atom stereocenters. The number of H-pyrrole nitrogens is 1. The van der Waals surface area contributed by atoms with Gasteiger partial charge in [0.25, 0.3) is 0 Å². The van der Waals surface area contributed by atoms with E-state index in [0.29, 0.717) is 17.5 Å². The molecule has 30 heavy (non-hydrogen) atoms. The molecule has 8 nitrogen and oxygen atoms in total. The summed E-state index contributed by atoms with van der Waals surface area (Å²) in [6.07, 6.45) is 7.45. The largest absolute Gasteiger partial charge is 0.351 e. The Bertz CT molecular complexity index is 1130. The third kappa shape index (κ3) is 4.91. The Kier molecular flexibility index (Phi) is 6.21. The number of halogens is 1. The lowest BCUT2D eigenvalue weighted by molar-refractivity contribution is 0.386. The predicted octanol–water partition coefficient (Wildman–Crippen LogP) is 3.73. The number of fused-ring (bicyclic) bond motifs is 1. The number of hydrogen-bond donors (Lipinski definition) is 3. The summed E-state index contributed by atoms with van der Waals surface area (Å²) in [4.78, 5) is 16.4. The van der Waals surface area contributed by atoms with Crippen molar-refractivity contribution in [1.82, 2.24) is 24.7 Å². The number of hydrogen-bond acceptors (Lipinski definition) is 6. The molecule has 1 fully saturated rings. The fourth-order valence-electron chi connectivity index (χ4n) is 3.91. The number of rotatable bonds is 7. The standard InChI is InChI=1S/C20H25ClN6O2S/c1-2-10-30(28,29)27-14-7-5-13(6-8-14)24-20-25-17(11-18(21)26-20)16-12-23-19-15(16)4-3-9-22-19/h3-4,9,11-14,27H,2,5-8,10H2,1H3,(H,22,23)(H,24,25,26). The number of anilines is 1. The van der Waals surface area contributed by atoms with Crippen LogP contribution in [0.3, 0.4) is 0 Å². The minimum Gasteiger partial charge on any atom is -0.351 e. The first-order chi connectivity index (χ1) is 14.4. The van der Waals surface area contributed by atoms with Gasteiger partial charge in [-0.25, -0.2) is 28.1 Å². The van der Waals surface area contributed by atoms with Gasteiger partial charge in [-0.2, -0.15) is 0 Å². The molecule has 1 aliphatic rings. The summed E-state index contributed by atoms with van der Waals surface area (Å²) in [6, 6.07) is 5.77. The van der Waals surface area contributed by atoms with E-state index in [4.69, 9.17) is 11.6 Å².